The van der Waals surface area contributed by atoms with Gasteiger partial charge in [0.25, 0.3) is 0 Å². The third-order valence-corrected chi connectivity index (χ3v) is 5.20. The minimum Gasteiger partial charge on any atom is -0.354 e. The maximum Gasteiger partial charge on any atom is 0.227 e. The summed E-state index contributed by atoms with van der Waals surface area (Å²) in [5.41, 5.74) is 3.17. The van der Waals surface area contributed by atoms with Crippen molar-refractivity contribution in [3.8, 4) is 10.6 Å². The fraction of sp³-hybridized carbons (Fsp3) is 0.300. The highest BCUT2D eigenvalue weighted by Gasteiger charge is 2.18. The van der Waals surface area contributed by atoms with E-state index in [4.69, 9.17) is 0 Å². The van der Waals surface area contributed by atoms with E-state index >= 15 is 0 Å². The Labute approximate surface area is 152 Å². The predicted octanol–water partition coefficient (Wildman–Crippen LogP) is 4.23. The zero-order valence-electron chi connectivity index (χ0n) is 14.6. The lowest BCUT2D eigenvalue weighted by Crippen LogP contribution is -2.32. The first kappa shape index (κ1) is 17.4. The van der Waals surface area contributed by atoms with Gasteiger partial charge in [0.15, 0.2) is 0 Å². The smallest absolute Gasteiger partial charge is 0.227 e. The molecule has 130 valence electrons. The van der Waals surface area contributed by atoms with Crippen molar-refractivity contribution in [3.05, 3.63) is 65.2 Å². The molecule has 3 rings (SSSR count). The molecule has 1 atom stereocenters. The summed E-state index contributed by atoms with van der Waals surface area (Å²) in [6.45, 7) is 5.34. The number of rotatable bonds is 7. The number of hydrogen-bond donors (Lipinski definition) is 1. The summed E-state index contributed by atoms with van der Waals surface area (Å²) in [5.74, 6) is -0.0152. The molecule has 1 N–H and O–H groups in total. The second-order valence-corrected chi connectivity index (χ2v) is 6.98. The Morgan fingerprint density at radius 1 is 1.24 bits per heavy atom. The van der Waals surface area contributed by atoms with Crippen LogP contribution in [0.3, 0.4) is 0 Å². The highest BCUT2D eigenvalue weighted by molar-refractivity contribution is 7.13. The Kier molecular flexibility index (Phi) is 5.66. The molecule has 0 aliphatic heterocycles. The topological polar surface area (TPSA) is 46.9 Å². The van der Waals surface area contributed by atoms with Gasteiger partial charge in [-0.1, -0.05) is 43.3 Å². The first-order valence-electron chi connectivity index (χ1n) is 8.60. The van der Waals surface area contributed by atoms with Crippen LogP contribution < -0.4 is 5.32 Å². The van der Waals surface area contributed by atoms with Gasteiger partial charge >= 0.3 is 0 Å². The van der Waals surface area contributed by atoms with Gasteiger partial charge in [-0.3, -0.25) is 9.48 Å². The minimum atomic E-state index is -0.0957. The van der Waals surface area contributed by atoms with Crippen molar-refractivity contribution in [3.63, 3.8) is 0 Å². The van der Waals surface area contributed by atoms with Crippen LogP contribution in [-0.4, -0.2) is 22.2 Å². The maximum atomic E-state index is 12.5. The number of aromatic nitrogens is 2. The fourth-order valence-corrected chi connectivity index (χ4v) is 3.63. The van der Waals surface area contributed by atoms with Crippen LogP contribution in [0.15, 0.2) is 53.9 Å². The fourth-order valence-electron chi connectivity index (χ4n) is 2.95. The van der Waals surface area contributed by atoms with Crippen LogP contribution in [0, 0.1) is 6.92 Å². The molecule has 2 heterocycles. The second-order valence-electron chi connectivity index (χ2n) is 6.03. The molecule has 3 aromatic rings. The Morgan fingerprint density at radius 3 is 2.72 bits per heavy atom. The normalized spacial score (nSPS) is 12.1. The van der Waals surface area contributed by atoms with Crippen LogP contribution in [0.25, 0.3) is 10.6 Å². The summed E-state index contributed by atoms with van der Waals surface area (Å²) in [7, 11) is 0. The SMILES string of the molecule is CC[C@H](C(=O)NCCn1nc(-c2cccs2)cc1C)c1ccccc1. The number of carbonyl (C=O) groups excluding carboxylic acids is 1. The summed E-state index contributed by atoms with van der Waals surface area (Å²) in [6.07, 6.45) is 0.791. The van der Waals surface area contributed by atoms with E-state index in [2.05, 4.69) is 27.9 Å². The largest absolute Gasteiger partial charge is 0.354 e. The highest BCUT2D eigenvalue weighted by Crippen LogP contribution is 2.24. The van der Waals surface area contributed by atoms with Gasteiger partial charge in [-0.05, 0) is 36.4 Å². The van der Waals surface area contributed by atoms with Gasteiger partial charge < -0.3 is 5.32 Å². The third kappa shape index (κ3) is 4.17. The molecule has 0 radical (unpaired) electrons. The summed E-state index contributed by atoms with van der Waals surface area (Å²) < 4.78 is 1.96. The van der Waals surface area contributed by atoms with Gasteiger partial charge in [0.05, 0.1) is 17.3 Å². The Bertz CT molecular complexity index is 809. The van der Waals surface area contributed by atoms with Crippen LogP contribution in [0.2, 0.25) is 0 Å². The first-order valence-corrected chi connectivity index (χ1v) is 9.48. The van der Waals surface area contributed by atoms with Crippen molar-refractivity contribution >= 4 is 17.2 Å². The van der Waals surface area contributed by atoms with Crippen molar-refractivity contribution in [2.75, 3.05) is 6.54 Å². The summed E-state index contributed by atoms with van der Waals surface area (Å²) in [4.78, 5) is 13.7. The molecule has 5 heteroatoms. The van der Waals surface area contributed by atoms with Gasteiger partial charge in [0.2, 0.25) is 5.91 Å². The lowest BCUT2D eigenvalue weighted by Gasteiger charge is -2.15. The minimum absolute atomic E-state index is 0.0805. The number of carbonyl (C=O) groups is 1. The highest BCUT2D eigenvalue weighted by atomic mass is 32.1. The quantitative estimate of drug-likeness (QED) is 0.691. The number of hydrogen-bond acceptors (Lipinski definition) is 3. The zero-order chi connectivity index (χ0) is 17.6. The number of nitrogens with one attached hydrogen (secondary N) is 1. The molecule has 0 saturated heterocycles. The molecule has 0 unspecified atom stereocenters. The van der Waals surface area contributed by atoms with Gasteiger partial charge in [-0.15, -0.1) is 11.3 Å². The molecule has 0 spiro atoms. The lowest BCUT2D eigenvalue weighted by molar-refractivity contribution is -0.122. The van der Waals surface area contributed by atoms with Crippen LogP contribution in [0.4, 0.5) is 0 Å². The number of amides is 1. The molecule has 1 amide bonds. The predicted molar refractivity (Wildman–Crippen MR) is 103 cm³/mol. The number of aryl methyl sites for hydroxylation is 1. The summed E-state index contributed by atoms with van der Waals surface area (Å²) >= 11 is 1.69. The van der Waals surface area contributed by atoms with Crippen molar-refractivity contribution in [1.29, 1.82) is 0 Å². The molecule has 0 aliphatic rings. The average Bonchev–Trinajstić information content (AvgIpc) is 3.27. The van der Waals surface area contributed by atoms with Crippen molar-refractivity contribution in [2.24, 2.45) is 0 Å². The van der Waals surface area contributed by atoms with Crippen LogP contribution in [0.5, 0.6) is 0 Å². The van der Waals surface area contributed by atoms with E-state index in [1.165, 1.54) is 4.88 Å². The monoisotopic (exact) mass is 353 g/mol. The number of thiophene rings is 1. The van der Waals surface area contributed by atoms with Crippen LogP contribution in [-0.2, 0) is 11.3 Å². The van der Waals surface area contributed by atoms with Crippen LogP contribution >= 0.6 is 11.3 Å². The molecule has 0 saturated carbocycles. The van der Waals surface area contributed by atoms with Crippen molar-refractivity contribution in [2.45, 2.75) is 32.7 Å². The van der Waals surface area contributed by atoms with Crippen molar-refractivity contribution < 1.29 is 4.79 Å². The Balaban J connectivity index is 1.58. The Hall–Kier alpha value is -2.40. The molecule has 1 aromatic carbocycles. The van der Waals surface area contributed by atoms with Gasteiger partial charge in [0.1, 0.15) is 5.69 Å². The second kappa shape index (κ2) is 8.12. The lowest BCUT2D eigenvalue weighted by atomic mass is 9.96. The standard InChI is InChI=1S/C20H23N3OS/c1-3-17(16-8-5-4-6-9-16)20(24)21-11-12-23-15(2)14-18(22-23)19-10-7-13-25-19/h4-10,13-14,17H,3,11-12H2,1-2H3,(H,21,24)/t17-/m0/s1. The first-order chi connectivity index (χ1) is 12.2. The molecular formula is C20H23N3OS. The molecular weight excluding hydrogens is 330 g/mol. The van der Waals surface area contributed by atoms with Gasteiger partial charge in [-0.2, -0.15) is 5.10 Å². The third-order valence-electron chi connectivity index (χ3n) is 4.30. The maximum absolute atomic E-state index is 12.5. The Morgan fingerprint density at radius 2 is 2.04 bits per heavy atom. The summed E-state index contributed by atoms with van der Waals surface area (Å²) in [6, 6.07) is 16.1. The van der Waals surface area contributed by atoms with E-state index in [0.717, 1.165) is 23.4 Å². The van der Waals surface area contributed by atoms with E-state index in [9.17, 15) is 4.79 Å². The molecule has 2 aromatic heterocycles. The molecule has 4 nitrogen and oxygen atoms in total. The number of nitrogens with zero attached hydrogens (tertiary/aromatic N) is 2. The molecule has 0 bridgehead atoms. The van der Waals surface area contributed by atoms with Gasteiger partial charge in [-0.25, -0.2) is 0 Å². The van der Waals surface area contributed by atoms with Crippen LogP contribution in [0.1, 0.15) is 30.5 Å². The molecule has 0 fully saturated rings. The van der Waals surface area contributed by atoms with E-state index in [1.54, 1.807) is 11.3 Å². The van der Waals surface area contributed by atoms with Crippen molar-refractivity contribution in [1.82, 2.24) is 15.1 Å². The van der Waals surface area contributed by atoms with E-state index in [0.29, 0.717) is 13.1 Å². The zero-order valence-corrected chi connectivity index (χ0v) is 15.4. The van der Waals surface area contributed by atoms with E-state index < -0.39 is 0 Å². The summed E-state index contributed by atoms with van der Waals surface area (Å²) in [5, 5.41) is 9.76. The molecule has 0 aliphatic carbocycles. The van der Waals surface area contributed by atoms with Gasteiger partial charge in [0, 0.05) is 12.2 Å². The molecule has 25 heavy (non-hydrogen) atoms. The average molecular weight is 353 g/mol. The number of benzene rings is 1. The van der Waals surface area contributed by atoms with E-state index in [1.807, 2.05) is 54.9 Å². The van der Waals surface area contributed by atoms with E-state index in [-0.39, 0.29) is 11.8 Å².